The third-order valence-corrected chi connectivity index (χ3v) is 7.69. The summed E-state index contributed by atoms with van der Waals surface area (Å²) in [4.78, 5) is 16.7. The molecule has 1 aliphatic rings. The summed E-state index contributed by atoms with van der Waals surface area (Å²) in [5.41, 5.74) is 7.20. The first-order valence-electron chi connectivity index (χ1n) is 11.9. The predicted molar refractivity (Wildman–Crippen MR) is 143 cm³/mol. The number of benzene rings is 2. The highest BCUT2D eigenvalue weighted by Crippen LogP contribution is 2.40. The van der Waals surface area contributed by atoms with Gasteiger partial charge in [0.1, 0.15) is 5.84 Å². The fourth-order valence-corrected chi connectivity index (χ4v) is 5.91. The maximum atomic E-state index is 13.5. The summed E-state index contributed by atoms with van der Waals surface area (Å²) in [5, 5.41) is 9.33. The minimum absolute atomic E-state index is 0.0820. The van der Waals surface area contributed by atoms with Gasteiger partial charge in [-0.15, -0.1) is 11.3 Å². The van der Waals surface area contributed by atoms with Gasteiger partial charge in [-0.2, -0.15) is 0 Å². The lowest BCUT2D eigenvalue weighted by molar-refractivity contribution is -0.149. The van der Waals surface area contributed by atoms with Gasteiger partial charge in [-0.3, -0.25) is 10.2 Å². The van der Waals surface area contributed by atoms with Crippen LogP contribution in [0.4, 0.5) is 5.69 Å². The van der Waals surface area contributed by atoms with Gasteiger partial charge >= 0.3 is 5.97 Å². The number of carbonyl (C=O) groups is 1. The van der Waals surface area contributed by atoms with Crippen molar-refractivity contribution in [1.29, 1.82) is 5.41 Å². The fraction of sp³-hybridized carbons (Fsp3) is 0.407. The molecule has 1 fully saturated rings. The van der Waals surface area contributed by atoms with Crippen LogP contribution in [0.1, 0.15) is 29.9 Å². The Balaban J connectivity index is 1.78. The van der Waals surface area contributed by atoms with Crippen LogP contribution in [0.15, 0.2) is 36.4 Å². The highest BCUT2D eigenvalue weighted by molar-refractivity contribution is 7.19. The molecule has 192 valence electrons. The smallest absolute Gasteiger partial charge is 0.316 e. The number of nitrogens with one attached hydrogen (secondary N) is 1. The molecule has 0 radical (unpaired) electrons. The lowest BCUT2D eigenvalue weighted by Gasteiger charge is -2.32. The lowest BCUT2D eigenvalue weighted by Crippen LogP contribution is -2.39. The Bertz CT molecular complexity index is 1230. The van der Waals surface area contributed by atoms with E-state index in [2.05, 4.69) is 11.0 Å². The van der Waals surface area contributed by atoms with Gasteiger partial charge in [-0.05, 0) is 49.1 Å². The Kier molecular flexibility index (Phi) is 7.70. The largest absolute Gasteiger partial charge is 0.493 e. The molecule has 0 spiro atoms. The molecule has 1 atom stereocenters. The Labute approximate surface area is 215 Å². The summed E-state index contributed by atoms with van der Waals surface area (Å²) in [6.45, 7) is 6.76. The van der Waals surface area contributed by atoms with E-state index < -0.39 is 5.41 Å². The first-order chi connectivity index (χ1) is 17.3. The topological polar surface area (TPSA) is 107 Å². The Morgan fingerprint density at radius 2 is 1.83 bits per heavy atom. The van der Waals surface area contributed by atoms with E-state index >= 15 is 0 Å². The number of fused-ring (bicyclic) bond motifs is 1. The predicted octanol–water partition coefficient (Wildman–Crippen LogP) is 4.10. The molecule has 1 saturated heterocycles. The van der Waals surface area contributed by atoms with Gasteiger partial charge in [0.15, 0.2) is 11.5 Å². The summed E-state index contributed by atoms with van der Waals surface area (Å²) in [6, 6.07) is 11.8. The molecule has 0 amide bonds. The van der Waals surface area contributed by atoms with Crippen molar-refractivity contribution in [2.24, 2.45) is 5.73 Å². The van der Waals surface area contributed by atoms with Gasteiger partial charge in [0.2, 0.25) is 0 Å². The zero-order valence-electron chi connectivity index (χ0n) is 21.2. The van der Waals surface area contributed by atoms with Crippen LogP contribution in [0.5, 0.6) is 11.5 Å². The number of anilines is 1. The average Bonchev–Trinajstić information content (AvgIpc) is 3.28. The van der Waals surface area contributed by atoms with Crippen LogP contribution >= 0.6 is 11.3 Å². The van der Waals surface area contributed by atoms with E-state index in [0.717, 1.165) is 33.7 Å². The first-order valence-corrected chi connectivity index (χ1v) is 12.8. The standard InChI is InChI=1S/C27H33N3O5S/c1-5-35-26(31)27(2,16-19-12-17-13-22(32-3)23(33-4)15-24(17)36-19)21-7-6-18(14-20(21)25(28)29)30-8-10-34-11-9-30/h6-7,12-15H,5,8-11,16H2,1-4H3,(H3,28,29). The summed E-state index contributed by atoms with van der Waals surface area (Å²) < 4.78 is 23.0. The molecular weight excluding hydrogens is 478 g/mol. The number of nitrogens with two attached hydrogens (primary N) is 1. The molecule has 3 N–H and O–H groups in total. The number of hydrogen-bond acceptors (Lipinski definition) is 8. The Morgan fingerprint density at radius 3 is 2.47 bits per heavy atom. The number of morpholine rings is 1. The van der Waals surface area contributed by atoms with Crippen molar-refractivity contribution in [2.45, 2.75) is 25.7 Å². The van der Waals surface area contributed by atoms with Crippen LogP contribution in [0.3, 0.4) is 0 Å². The van der Waals surface area contributed by atoms with E-state index in [-0.39, 0.29) is 18.4 Å². The average molecular weight is 512 g/mol. The van der Waals surface area contributed by atoms with Gasteiger partial charge in [0, 0.05) is 46.4 Å². The third kappa shape index (κ3) is 4.99. The molecule has 0 saturated carbocycles. The monoisotopic (exact) mass is 511 g/mol. The number of amidine groups is 1. The second kappa shape index (κ2) is 10.8. The molecule has 36 heavy (non-hydrogen) atoms. The minimum atomic E-state index is -1.05. The van der Waals surface area contributed by atoms with Crippen LogP contribution in [-0.2, 0) is 26.1 Å². The molecule has 1 aliphatic heterocycles. The number of carbonyl (C=O) groups excluding carboxylic acids is 1. The molecule has 9 heteroatoms. The highest BCUT2D eigenvalue weighted by atomic mass is 32.1. The van der Waals surface area contributed by atoms with Crippen LogP contribution in [0.25, 0.3) is 10.1 Å². The van der Waals surface area contributed by atoms with Crippen molar-refractivity contribution in [2.75, 3.05) is 52.0 Å². The number of thiophene rings is 1. The van der Waals surface area contributed by atoms with E-state index in [0.29, 0.717) is 42.3 Å². The second-order valence-corrected chi connectivity index (χ2v) is 10.1. The summed E-state index contributed by atoms with van der Waals surface area (Å²) in [5.74, 6) is 0.880. The zero-order valence-corrected chi connectivity index (χ0v) is 22.0. The molecule has 1 unspecified atom stereocenters. The molecule has 8 nitrogen and oxygen atoms in total. The van der Waals surface area contributed by atoms with Crippen molar-refractivity contribution in [3.05, 3.63) is 52.4 Å². The molecule has 2 heterocycles. The van der Waals surface area contributed by atoms with Gasteiger partial charge in [0.25, 0.3) is 0 Å². The van der Waals surface area contributed by atoms with Crippen molar-refractivity contribution >= 4 is 38.9 Å². The number of methoxy groups -OCH3 is 2. The van der Waals surface area contributed by atoms with E-state index in [9.17, 15) is 4.79 Å². The fourth-order valence-electron chi connectivity index (χ4n) is 4.68. The number of nitrogen functional groups attached to an aromatic ring is 1. The van der Waals surface area contributed by atoms with Crippen LogP contribution in [-0.4, -0.2) is 58.9 Å². The van der Waals surface area contributed by atoms with E-state index in [1.165, 1.54) is 0 Å². The van der Waals surface area contributed by atoms with Crippen molar-refractivity contribution in [3.8, 4) is 11.5 Å². The van der Waals surface area contributed by atoms with Gasteiger partial charge < -0.3 is 29.6 Å². The Morgan fingerprint density at radius 1 is 1.14 bits per heavy atom. The minimum Gasteiger partial charge on any atom is -0.493 e. The van der Waals surface area contributed by atoms with Crippen molar-refractivity contribution in [3.63, 3.8) is 0 Å². The number of hydrogen-bond donors (Lipinski definition) is 2. The number of esters is 1. The van der Waals surface area contributed by atoms with E-state index in [4.69, 9.17) is 30.1 Å². The van der Waals surface area contributed by atoms with Crippen LogP contribution < -0.4 is 20.1 Å². The van der Waals surface area contributed by atoms with Gasteiger partial charge in [-0.25, -0.2) is 0 Å². The summed E-state index contributed by atoms with van der Waals surface area (Å²) in [6.07, 6.45) is 0.396. The van der Waals surface area contributed by atoms with E-state index in [1.807, 2.05) is 37.3 Å². The SMILES string of the molecule is CCOC(=O)C(C)(Cc1cc2cc(OC)c(OC)cc2s1)c1ccc(N2CCOCC2)cc1C(=N)N. The molecule has 4 rings (SSSR count). The zero-order chi connectivity index (χ0) is 25.9. The van der Waals surface area contributed by atoms with Crippen molar-refractivity contribution in [1.82, 2.24) is 0 Å². The maximum absolute atomic E-state index is 13.5. The van der Waals surface area contributed by atoms with Gasteiger partial charge in [0.05, 0.1) is 39.5 Å². The quantitative estimate of drug-likeness (QED) is 0.253. The first kappa shape index (κ1) is 25.8. The van der Waals surface area contributed by atoms with Gasteiger partial charge in [-0.1, -0.05) is 6.07 Å². The highest BCUT2D eigenvalue weighted by Gasteiger charge is 2.40. The van der Waals surface area contributed by atoms with Crippen LogP contribution in [0, 0.1) is 5.41 Å². The lowest BCUT2D eigenvalue weighted by atomic mass is 9.76. The molecular formula is C27H33N3O5S. The molecule has 0 bridgehead atoms. The normalized spacial score (nSPS) is 15.4. The Hall–Kier alpha value is -3.30. The summed E-state index contributed by atoms with van der Waals surface area (Å²) >= 11 is 1.59. The molecule has 1 aromatic heterocycles. The number of ether oxygens (including phenoxy) is 4. The number of rotatable bonds is 9. The third-order valence-electron chi connectivity index (χ3n) is 6.59. The van der Waals surface area contributed by atoms with E-state index in [1.54, 1.807) is 32.5 Å². The molecule has 2 aromatic carbocycles. The molecule has 3 aromatic rings. The van der Waals surface area contributed by atoms with Crippen molar-refractivity contribution < 1.29 is 23.7 Å². The number of nitrogens with zero attached hydrogens (tertiary/aromatic N) is 1. The second-order valence-electron chi connectivity index (χ2n) is 8.93. The molecule has 0 aliphatic carbocycles. The van der Waals surface area contributed by atoms with Crippen LogP contribution in [0.2, 0.25) is 0 Å². The summed E-state index contributed by atoms with van der Waals surface area (Å²) in [7, 11) is 3.22. The maximum Gasteiger partial charge on any atom is 0.316 e.